The molecule has 0 bridgehead atoms. The van der Waals surface area contributed by atoms with Gasteiger partial charge in [0.1, 0.15) is 0 Å². The largest absolute Gasteiger partial charge is 0.330 e. The Morgan fingerprint density at radius 2 is 1.89 bits per heavy atom. The summed E-state index contributed by atoms with van der Waals surface area (Å²) >= 11 is 12.1. The van der Waals surface area contributed by atoms with Crippen molar-refractivity contribution in [2.45, 2.75) is 25.7 Å². The lowest BCUT2D eigenvalue weighted by Gasteiger charge is -2.29. The Morgan fingerprint density at radius 1 is 1.26 bits per heavy atom. The van der Waals surface area contributed by atoms with Gasteiger partial charge >= 0.3 is 0 Å². The number of anilines is 1. The van der Waals surface area contributed by atoms with E-state index in [0.717, 1.165) is 25.7 Å². The van der Waals surface area contributed by atoms with Gasteiger partial charge in [-0.2, -0.15) is 0 Å². The molecule has 104 valence electrons. The molecule has 1 aliphatic carbocycles. The molecule has 2 unspecified atom stereocenters. The zero-order valence-corrected chi connectivity index (χ0v) is 12.2. The van der Waals surface area contributed by atoms with Crippen molar-refractivity contribution in [3.63, 3.8) is 0 Å². The summed E-state index contributed by atoms with van der Waals surface area (Å²) in [6.45, 7) is 0.550. The lowest BCUT2D eigenvalue weighted by molar-refractivity contribution is -0.122. The van der Waals surface area contributed by atoms with Crippen LogP contribution in [0.25, 0.3) is 0 Å². The van der Waals surface area contributed by atoms with Crippen LogP contribution in [0.4, 0.5) is 5.69 Å². The summed E-state index contributed by atoms with van der Waals surface area (Å²) in [4.78, 5) is 12.4. The minimum atomic E-state index is -0.0360. The second-order valence-electron chi connectivity index (χ2n) is 4.97. The topological polar surface area (TPSA) is 55.1 Å². The number of para-hydroxylation sites is 1. The second-order valence-corrected chi connectivity index (χ2v) is 5.79. The number of hydrogen-bond donors (Lipinski definition) is 2. The van der Waals surface area contributed by atoms with Crippen LogP contribution in [0.1, 0.15) is 25.7 Å². The predicted molar refractivity (Wildman–Crippen MR) is 79.6 cm³/mol. The molecule has 0 spiro atoms. The molecule has 1 aliphatic rings. The molecule has 2 atom stereocenters. The van der Waals surface area contributed by atoms with Crippen LogP contribution in [0.2, 0.25) is 10.0 Å². The Balaban J connectivity index is 2.12. The van der Waals surface area contributed by atoms with E-state index in [9.17, 15) is 4.79 Å². The SMILES string of the molecule is NCC1CCCCC1C(=O)Nc1c(Cl)cccc1Cl. The van der Waals surface area contributed by atoms with Gasteiger partial charge in [0.2, 0.25) is 5.91 Å². The van der Waals surface area contributed by atoms with Gasteiger partial charge in [-0.15, -0.1) is 0 Å². The highest BCUT2D eigenvalue weighted by Crippen LogP contribution is 2.33. The molecule has 3 nitrogen and oxygen atoms in total. The highest BCUT2D eigenvalue weighted by Gasteiger charge is 2.30. The number of amides is 1. The van der Waals surface area contributed by atoms with Crippen LogP contribution in [0.3, 0.4) is 0 Å². The van der Waals surface area contributed by atoms with Crippen LogP contribution in [-0.2, 0) is 4.79 Å². The zero-order valence-electron chi connectivity index (χ0n) is 10.7. The van der Waals surface area contributed by atoms with Gasteiger partial charge in [0.15, 0.2) is 0 Å². The van der Waals surface area contributed by atoms with Crippen molar-refractivity contribution in [1.29, 1.82) is 0 Å². The van der Waals surface area contributed by atoms with Crippen molar-refractivity contribution < 1.29 is 4.79 Å². The van der Waals surface area contributed by atoms with Gasteiger partial charge in [0.05, 0.1) is 15.7 Å². The van der Waals surface area contributed by atoms with E-state index in [4.69, 9.17) is 28.9 Å². The van der Waals surface area contributed by atoms with Crippen molar-refractivity contribution in [2.75, 3.05) is 11.9 Å². The standard InChI is InChI=1S/C14H18Cl2N2O/c15-11-6-3-7-12(16)13(11)18-14(19)10-5-2-1-4-9(10)8-17/h3,6-7,9-10H,1-2,4-5,8,17H2,(H,18,19). The number of rotatable bonds is 3. The van der Waals surface area contributed by atoms with Gasteiger partial charge in [-0.05, 0) is 37.4 Å². The van der Waals surface area contributed by atoms with E-state index in [0.29, 0.717) is 22.3 Å². The van der Waals surface area contributed by atoms with Gasteiger partial charge in [-0.3, -0.25) is 4.79 Å². The molecular weight excluding hydrogens is 283 g/mol. The fourth-order valence-electron chi connectivity index (χ4n) is 2.67. The Morgan fingerprint density at radius 3 is 2.53 bits per heavy atom. The lowest BCUT2D eigenvalue weighted by Crippen LogP contribution is -2.35. The zero-order chi connectivity index (χ0) is 13.8. The number of benzene rings is 1. The van der Waals surface area contributed by atoms with Crippen molar-refractivity contribution in [1.82, 2.24) is 0 Å². The summed E-state index contributed by atoms with van der Waals surface area (Å²) in [5.74, 6) is 0.200. The van der Waals surface area contributed by atoms with Gasteiger partial charge in [-0.25, -0.2) is 0 Å². The molecule has 3 N–H and O–H groups in total. The Labute approximate surface area is 123 Å². The van der Waals surface area contributed by atoms with E-state index in [2.05, 4.69) is 5.32 Å². The second kappa shape index (κ2) is 6.60. The maximum atomic E-state index is 12.4. The van der Waals surface area contributed by atoms with Crippen LogP contribution in [0, 0.1) is 11.8 Å². The van der Waals surface area contributed by atoms with Gasteiger partial charge in [0.25, 0.3) is 0 Å². The molecule has 0 heterocycles. The fraction of sp³-hybridized carbons (Fsp3) is 0.500. The molecule has 2 rings (SSSR count). The summed E-state index contributed by atoms with van der Waals surface area (Å²) in [5.41, 5.74) is 6.25. The highest BCUT2D eigenvalue weighted by molar-refractivity contribution is 6.39. The average Bonchev–Trinajstić information content (AvgIpc) is 2.42. The summed E-state index contributed by atoms with van der Waals surface area (Å²) in [6, 6.07) is 5.18. The normalized spacial score (nSPS) is 23.1. The van der Waals surface area contributed by atoms with Crippen LogP contribution in [0.5, 0.6) is 0 Å². The number of carbonyl (C=O) groups excluding carboxylic acids is 1. The minimum absolute atomic E-state index is 0.0230. The van der Waals surface area contributed by atoms with Gasteiger partial charge < -0.3 is 11.1 Å². The van der Waals surface area contributed by atoms with Crippen LogP contribution < -0.4 is 11.1 Å². The van der Waals surface area contributed by atoms with Gasteiger partial charge in [0, 0.05) is 5.92 Å². The maximum Gasteiger partial charge on any atom is 0.227 e. The van der Waals surface area contributed by atoms with Crippen LogP contribution >= 0.6 is 23.2 Å². The third-order valence-electron chi connectivity index (χ3n) is 3.76. The third-order valence-corrected chi connectivity index (χ3v) is 4.39. The quantitative estimate of drug-likeness (QED) is 0.894. The smallest absolute Gasteiger partial charge is 0.227 e. The number of halogens is 2. The number of hydrogen-bond acceptors (Lipinski definition) is 2. The highest BCUT2D eigenvalue weighted by atomic mass is 35.5. The van der Waals surface area contributed by atoms with Crippen molar-refractivity contribution in [3.8, 4) is 0 Å². The summed E-state index contributed by atoms with van der Waals surface area (Å²) in [5, 5.41) is 3.77. The first-order chi connectivity index (χ1) is 9.13. The van der Waals surface area contributed by atoms with E-state index >= 15 is 0 Å². The first kappa shape index (κ1) is 14.6. The Hall–Kier alpha value is -0.770. The number of nitrogens with one attached hydrogen (secondary N) is 1. The predicted octanol–water partition coefficient (Wildman–Crippen LogP) is 3.70. The van der Waals surface area contributed by atoms with Crippen molar-refractivity contribution in [3.05, 3.63) is 28.2 Å². The first-order valence-corrected chi connectivity index (χ1v) is 7.34. The number of carbonyl (C=O) groups is 1. The molecule has 0 saturated heterocycles. The molecule has 0 aromatic heterocycles. The van der Waals surface area contributed by atoms with E-state index < -0.39 is 0 Å². The van der Waals surface area contributed by atoms with E-state index in [1.54, 1.807) is 18.2 Å². The lowest BCUT2D eigenvalue weighted by atomic mass is 9.78. The van der Waals surface area contributed by atoms with Crippen molar-refractivity contribution in [2.24, 2.45) is 17.6 Å². The summed E-state index contributed by atoms with van der Waals surface area (Å²) in [7, 11) is 0. The van der Waals surface area contributed by atoms with E-state index in [1.807, 2.05) is 0 Å². The molecule has 1 aromatic rings. The van der Waals surface area contributed by atoms with E-state index in [-0.39, 0.29) is 17.7 Å². The maximum absolute atomic E-state index is 12.4. The van der Waals surface area contributed by atoms with E-state index in [1.165, 1.54) is 0 Å². The first-order valence-electron chi connectivity index (χ1n) is 6.58. The Kier molecular flexibility index (Phi) is 5.08. The third kappa shape index (κ3) is 3.41. The molecule has 1 amide bonds. The Bertz CT molecular complexity index is 445. The molecular formula is C14H18Cl2N2O. The molecule has 0 aliphatic heterocycles. The molecule has 1 aromatic carbocycles. The molecule has 19 heavy (non-hydrogen) atoms. The van der Waals surface area contributed by atoms with Crippen LogP contribution in [0.15, 0.2) is 18.2 Å². The fourth-order valence-corrected chi connectivity index (χ4v) is 3.16. The summed E-state index contributed by atoms with van der Waals surface area (Å²) < 4.78 is 0. The molecule has 1 saturated carbocycles. The molecule has 0 radical (unpaired) electrons. The average molecular weight is 301 g/mol. The molecule has 5 heteroatoms. The summed E-state index contributed by atoms with van der Waals surface area (Å²) in [6.07, 6.45) is 4.13. The molecule has 1 fully saturated rings. The monoisotopic (exact) mass is 300 g/mol. The van der Waals surface area contributed by atoms with Crippen molar-refractivity contribution >= 4 is 34.8 Å². The van der Waals surface area contributed by atoms with Crippen LogP contribution in [-0.4, -0.2) is 12.5 Å². The number of nitrogens with two attached hydrogens (primary N) is 1. The minimum Gasteiger partial charge on any atom is -0.330 e. The van der Waals surface area contributed by atoms with Gasteiger partial charge in [-0.1, -0.05) is 42.1 Å².